The van der Waals surface area contributed by atoms with Gasteiger partial charge in [-0.15, -0.1) is 0 Å². The number of rotatable bonds is 5. The van der Waals surface area contributed by atoms with Crippen LogP contribution in [-0.4, -0.2) is 11.0 Å². The molecular formula is C17H26N2O2. The molecule has 0 heterocycles. The normalized spacial score (nSPS) is 22.5. The van der Waals surface area contributed by atoms with E-state index in [9.17, 15) is 10.1 Å². The quantitative estimate of drug-likeness (QED) is 0.653. The molecule has 0 radical (unpaired) electrons. The van der Waals surface area contributed by atoms with E-state index in [0.29, 0.717) is 12.0 Å². The van der Waals surface area contributed by atoms with Crippen molar-refractivity contribution >= 4 is 5.69 Å². The van der Waals surface area contributed by atoms with E-state index in [2.05, 4.69) is 19.2 Å². The molecule has 2 unspecified atom stereocenters. The summed E-state index contributed by atoms with van der Waals surface area (Å²) in [6, 6.07) is 6.08. The summed E-state index contributed by atoms with van der Waals surface area (Å²) in [5, 5.41) is 14.6. The first-order valence-corrected chi connectivity index (χ1v) is 7.96. The van der Waals surface area contributed by atoms with E-state index in [1.807, 2.05) is 12.1 Å². The lowest BCUT2D eigenvalue weighted by Gasteiger charge is -2.35. The Morgan fingerprint density at radius 2 is 2.05 bits per heavy atom. The molecule has 116 valence electrons. The zero-order valence-corrected chi connectivity index (χ0v) is 13.3. The van der Waals surface area contributed by atoms with Crippen LogP contribution in [0, 0.1) is 28.9 Å². The van der Waals surface area contributed by atoms with Crippen LogP contribution in [0.25, 0.3) is 0 Å². The van der Waals surface area contributed by atoms with Crippen LogP contribution in [0.4, 0.5) is 5.69 Å². The molecule has 1 fully saturated rings. The van der Waals surface area contributed by atoms with Crippen LogP contribution >= 0.6 is 0 Å². The highest BCUT2D eigenvalue weighted by atomic mass is 16.6. The molecule has 4 nitrogen and oxygen atoms in total. The Balaban J connectivity index is 2.02. The molecule has 1 N–H and O–H groups in total. The second-order valence-electron chi connectivity index (χ2n) is 6.56. The van der Waals surface area contributed by atoms with Crippen molar-refractivity contribution in [3.8, 4) is 0 Å². The zero-order chi connectivity index (χ0) is 15.4. The van der Waals surface area contributed by atoms with Crippen LogP contribution in [0.3, 0.4) is 0 Å². The minimum Gasteiger partial charge on any atom is -0.310 e. The zero-order valence-electron chi connectivity index (χ0n) is 13.3. The first kappa shape index (κ1) is 16.0. The van der Waals surface area contributed by atoms with E-state index in [1.165, 1.54) is 25.7 Å². The maximum atomic E-state index is 11.0. The van der Waals surface area contributed by atoms with Gasteiger partial charge in [-0.2, -0.15) is 0 Å². The predicted octanol–water partition coefficient (Wildman–Crippen LogP) is 4.21. The Kier molecular flexibility index (Phi) is 5.34. The van der Waals surface area contributed by atoms with Crippen LogP contribution in [0.1, 0.15) is 50.7 Å². The maximum absolute atomic E-state index is 11.0. The molecule has 2 rings (SSSR count). The van der Waals surface area contributed by atoms with E-state index < -0.39 is 0 Å². The Morgan fingerprint density at radius 3 is 2.71 bits per heavy atom. The Labute approximate surface area is 127 Å². The van der Waals surface area contributed by atoms with Gasteiger partial charge in [-0.3, -0.25) is 10.1 Å². The molecule has 0 aromatic heterocycles. The molecule has 0 amide bonds. The smallest absolute Gasteiger partial charge is 0.272 e. The monoisotopic (exact) mass is 290 g/mol. The number of nitrogens with zero attached hydrogens (tertiary/aromatic N) is 1. The molecule has 1 aliphatic rings. The second-order valence-corrected chi connectivity index (χ2v) is 6.56. The number of hydrogen-bond acceptors (Lipinski definition) is 3. The van der Waals surface area contributed by atoms with Crippen molar-refractivity contribution < 1.29 is 4.92 Å². The highest BCUT2D eigenvalue weighted by Gasteiger charge is 2.27. The standard InChI is InChI=1S/C17H26N2O2/c1-12(2)15-6-4-5-7-16(15)18-11-14-9-8-13(3)17(10-14)19(20)21/h8-10,12,15-16,18H,4-7,11H2,1-3H3. The average Bonchev–Trinajstić information content (AvgIpc) is 2.46. The minimum atomic E-state index is -0.295. The fourth-order valence-corrected chi connectivity index (χ4v) is 3.42. The third kappa shape index (κ3) is 4.03. The Bertz CT molecular complexity index is 500. The summed E-state index contributed by atoms with van der Waals surface area (Å²) in [7, 11) is 0. The van der Waals surface area contributed by atoms with Gasteiger partial charge in [0.05, 0.1) is 4.92 Å². The topological polar surface area (TPSA) is 55.2 Å². The molecule has 0 spiro atoms. The van der Waals surface area contributed by atoms with Gasteiger partial charge in [0.2, 0.25) is 0 Å². The molecule has 0 saturated heterocycles. The van der Waals surface area contributed by atoms with Crippen molar-refractivity contribution in [2.45, 2.75) is 59.0 Å². The number of nitro groups is 1. The Morgan fingerprint density at radius 1 is 1.33 bits per heavy atom. The molecule has 0 bridgehead atoms. The summed E-state index contributed by atoms with van der Waals surface area (Å²) in [4.78, 5) is 10.7. The number of nitrogens with one attached hydrogen (secondary N) is 1. The number of aryl methyl sites for hydroxylation is 1. The first-order valence-electron chi connectivity index (χ1n) is 7.96. The van der Waals surface area contributed by atoms with Gasteiger partial charge in [-0.1, -0.05) is 38.8 Å². The largest absolute Gasteiger partial charge is 0.310 e. The SMILES string of the molecule is Cc1ccc(CNC2CCCCC2C(C)C)cc1[N+](=O)[O-]. The van der Waals surface area contributed by atoms with Crippen LogP contribution in [0.15, 0.2) is 18.2 Å². The highest BCUT2D eigenvalue weighted by molar-refractivity contribution is 5.42. The van der Waals surface area contributed by atoms with Crippen molar-refractivity contribution in [3.05, 3.63) is 39.4 Å². The van der Waals surface area contributed by atoms with Crippen molar-refractivity contribution in [3.63, 3.8) is 0 Å². The molecule has 1 aromatic rings. The number of benzene rings is 1. The first-order chi connectivity index (χ1) is 9.99. The van der Waals surface area contributed by atoms with Gasteiger partial charge in [-0.25, -0.2) is 0 Å². The molecule has 2 atom stereocenters. The van der Waals surface area contributed by atoms with Crippen molar-refractivity contribution in [2.24, 2.45) is 11.8 Å². The van der Waals surface area contributed by atoms with E-state index >= 15 is 0 Å². The predicted molar refractivity (Wildman–Crippen MR) is 85.3 cm³/mol. The van der Waals surface area contributed by atoms with Gasteiger partial charge in [-0.05, 0) is 37.2 Å². The van der Waals surface area contributed by atoms with E-state index in [4.69, 9.17) is 0 Å². The number of nitro benzene ring substituents is 1. The van der Waals surface area contributed by atoms with E-state index in [-0.39, 0.29) is 10.6 Å². The van der Waals surface area contributed by atoms with Crippen molar-refractivity contribution in [1.82, 2.24) is 5.32 Å². The lowest BCUT2D eigenvalue weighted by molar-refractivity contribution is -0.385. The third-order valence-corrected chi connectivity index (χ3v) is 4.71. The third-order valence-electron chi connectivity index (χ3n) is 4.71. The van der Waals surface area contributed by atoms with Gasteiger partial charge in [0.15, 0.2) is 0 Å². The molecular weight excluding hydrogens is 264 g/mol. The van der Waals surface area contributed by atoms with Crippen LogP contribution in [0.5, 0.6) is 0 Å². The van der Waals surface area contributed by atoms with E-state index in [0.717, 1.165) is 23.6 Å². The summed E-state index contributed by atoms with van der Waals surface area (Å²) in [5.41, 5.74) is 1.94. The van der Waals surface area contributed by atoms with Crippen LogP contribution in [0.2, 0.25) is 0 Å². The van der Waals surface area contributed by atoms with Gasteiger partial charge < -0.3 is 5.32 Å². The molecule has 4 heteroatoms. The average molecular weight is 290 g/mol. The van der Waals surface area contributed by atoms with Gasteiger partial charge in [0.1, 0.15) is 0 Å². The van der Waals surface area contributed by atoms with Crippen molar-refractivity contribution in [1.29, 1.82) is 0 Å². The fraction of sp³-hybridized carbons (Fsp3) is 0.647. The van der Waals surface area contributed by atoms with Gasteiger partial charge in [0, 0.05) is 24.2 Å². The van der Waals surface area contributed by atoms with Crippen molar-refractivity contribution in [2.75, 3.05) is 0 Å². The summed E-state index contributed by atoms with van der Waals surface area (Å²) < 4.78 is 0. The summed E-state index contributed by atoms with van der Waals surface area (Å²) in [6.07, 6.45) is 5.13. The fourth-order valence-electron chi connectivity index (χ4n) is 3.42. The number of hydrogen-bond donors (Lipinski definition) is 1. The lowest BCUT2D eigenvalue weighted by Crippen LogP contribution is -2.40. The molecule has 1 aromatic carbocycles. The molecule has 1 saturated carbocycles. The molecule has 0 aliphatic heterocycles. The molecule has 1 aliphatic carbocycles. The van der Waals surface area contributed by atoms with Gasteiger partial charge in [0.25, 0.3) is 5.69 Å². The summed E-state index contributed by atoms with van der Waals surface area (Å²) >= 11 is 0. The van der Waals surface area contributed by atoms with Crippen LogP contribution in [-0.2, 0) is 6.54 Å². The maximum Gasteiger partial charge on any atom is 0.272 e. The lowest BCUT2D eigenvalue weighted by atomic mass is 9.78. The van der Waals surface area contributed by atoms with E-state index in [1.54, 1.807) is 13.0 Å². The summed E-state index contributed by atoms with van der Waals surface area (Å²) in [5.74, 6) is 1.41. The minimum absolute atomic E-state index is 0.221. The second kappa shape index (κ2) is 7.03. The molecule has 21 heavy (non-hydrogen) atoms. The van der Waals surface area contributed by atoms with Gasteiger partial charge >= 0.3 is 0 Å². The summed E-state index contributed by atoms with van der Waals surface area (Å²) in [6.45, 7) is 7.09. The highest BCUT2D eigenvalue weighted by Crippen LogP contribution is 2.30. The van der Waals surface area contributed by atoms with Crippen LogP contribution < -0.4 is 5.32 Å². The Hall–Kier alpha value is -1.42.